The zero-order valence-electron chi connectivity index (χ0n) is 19.7. The molecule has 0 N–H and O–H groups in total. The molecule has 0 aliphatic rings. The van der Waals surface area contributed by atoms with Gasteiger partial charge >= 0.3 is 5.97 Å². The molecule has 6 nitrogen and oxygen atoms in total. The average Bonchev–Trinajstić information content (AvgIpc) is 3.05. The van der Waals surface area contributed by atoms with E-state index >= 15 is 0 Å². The van der Waals surface area contributed by atoms with Gasteiger partial charge in [-0.05, 0) is 56.2 Å². The van der Waals surface area contributed by atoms with Gasteiger partial charge < -0.3 is 14.2 Å². The number of Topliss-reactive ketones (excluding diaryl/α,β-unsaturated/α-hetero) is 1. The van der Waals surface area contributed by atoms with Gasteiger partial charge in [0.1, 0.15) is 11.5 Å². The fraction of sp³-hybridized carbons (Fsp3) is 0.269. The minimum absolute atomic E-state index is 0.0615. The van der Waals surface area contributed by atoms with Crippen LogP contribution in [0.15, 0.2) is 48.5 Å². The summed E-state index contributed by atoms with van der Waals surface area (Å²) in [6.07, 6.45) is 0. The molecule has 0 aliphatic heterocycles. The van der Waals surface area contributed by atoms with Crippen molar-refractivity contribution in [1.29, 1.82) is 0 Å². The van der Waals surface area contributed by atoms with E-state index in [1.807, 2.05) is 0 Å². The normalized spacial score (nSPS) is 11.7. The second-order valence-corrected chi connectivity index (χ2v) is 8.47. The van der Waals surface area contributed by atoms with Crippen LogP contribution in [-0.2, 0) is 18.3 Å². The van der Waals surface area contributed by atoms with Crippen molar-refractivity contribution in [2.45, 2.75) is 33.4 Å². The Morgan fingerprint density at radius 3 is 2.29 bits per heavy atom. The summed E-state index contributed by atoms with van der Waals surface area (Å²) in [5.74, 6) is -1.72. The number of hydrogen-bond acceptors (Lipinski definition) is 4. The Bertz CT molecular complexity index is 1250. The van der Waals surface area contributed by atoms with Gasteiger partial charge in [-0.3, -0.25) is 9.59 Å². The molecule has 3 rings (SSSR count). The molecular formula is C26H26ClFN2O4. The molecule has 3 aromatic rings. The third-order valence-electron chi connectivity index (χ3n) is 6.03. The molecule has 1 atom stereocenters. The van der Waals surface area contributed by atoms with Gasteiger partial charge in [-0.15, -0.1) is 0 Å². The number of ketones is 1. The highest BCUT2D eigenvalue weighted by Gasteiger charge is 2.33. The Labute approximate surface area is 202 Å². The van der Waals surface area contributed by atoms with Gasteiger partial charge in [0.15, 0.2) is 5.78 Å². The van der Waals surface area contributed by atoms with E-state index in [0.717, 1.165) is 0 Å². The van der Waals surface area contributed by atoms with Gasteiger partial charge in [0.05, 0.1) is 23.7 Å². The van der Waals surface area contributed by atoms with Gasteiger partial charge in [0.2, 0.25) is 0 Å². The molecule has 0 radical (unpaired) electrons. The van der Waals surface area contributed by atoms with Crippen molar-refractivity contribution in [1.82, 2.24) is 9.47 Å². The Balaban J connectivity index is 2.06. The van der Waals surface area contributed by atoms with Crippen molar-refractivity contribution in [2.24, 2.45) is 7.05 Å². The van der Waals surface area contributed by atoms with Crippen LogP contribution >= 0.6 is 11.6 Å². The van der Waals surface area contributed by atoms with Crippen LogP contribution in [0.25, 0.3) is 0 Å². The number of hydrogen-bond donors (Lipinski definition) is 0. The van der Waals surface area contributed by atoms with Crippen molar-refractivity contribution in [2.75, 3.05) is 7.11 Å². The molecule has 1 aromatic heterocycles. The van der Waals surface area contributed by atoms with Gasteiger partial charge in [-0.2, -0.15) is 0 Å². The van der Waals surface area contributed by atoms with E-state index in [0.29, 0.717) is 22.4 Å². The smallest absolute Gasteiger partial charge is 0.354 e. The monoisotopic (exact) mass is 484 g/mol. The summed E-state index contributed by atoms with van der Waals surface area (Å²) in [6.45, 7) is 5.11. The van der Waals surface area contributed by atoms with E-state index in [1.54, 1.807) is 68.8 Å². The average molecular weight is 485 g/mol. The van der Waals surface area contributed by atoms with Crippen molar-refractivity contribution in [3.8, 4) is 0 Å². The molecule has 0 bridgehead atoms. The van der Waals surface area contributed by atoms with Crippen LogP contribution in [0, 0.1) is 19.7 Å². The van der Waals surface area contributed by atoms with Crippen molar-refractivity contribution in [3.05, 3.63) is 93.0 Å². The SMILES string of the molecule is COC(=O)c1c(C)c(C(=O)[C@@H](C)N(Cc2ccc(F)cc2)C(=O)c2ccccc2Cl)c(C)n1C. The van der Waals surface area contributed by atoms with Crippen LogP contribution in [0.3, 0.4) is 0 Å². The van der Waals surface area contributed by atoms with E-state index in [4.69, 9.17) is 16.3 Å². The summed E-state index contributed by atoms with van der Waals surface area (Å²) >= 11 is 6.28. The first-order valence-corrected chi connectivity index (χ1v) is 11.0. The number of methoxy groups -OCH3 is 1. The van der Waals surface area contributed by atoms with Crippen LogP contribution in [0.4, 0.5) is 4.39 Å². The lowest BCUT2D eigenvalue weighted by Crippen LogP contribution is -2.43. The predicted molar refractivity (Wildman–Crippen MR) is 128 cm³/mol. The van der Waals surface area contributed by atoms with Crippen molar-refractivity contribution < 1.29 is 23.5 Å². The second kappa shape index (κ2) is 10.2. The molecule has 1 amide bonds. The molecule has 0 unspecified atom stereocenters. The number of rotatable bonds is 7. The first kappa shape index (κ1) is 25.2. The lowest BCUT2D eigenvalue weighted by Gasteiger charge is -2.29. The maximum Gasteiger partial charge on any atom is 0.354 e. The van der Waals surface area contributed by atoms with Crippen LogP contribution in [0.5, 0.6) is 0 Å². The van der Waals surface area contributed by atoms with Crippen LogP contribution in [0.2, 0.25) is 5.02 Å². The molecule has 0 aliphatic carbocycles. The zero-order valence-corrected chi connectivity index (χ0v) is 20.4. The molecular weight excluding hydrogens is 459 g/mol. The Morgan fingerprint density at radius 2 is 1.71 bits per heavy atom. The molecule has 0 saturated carbocycles. The standard InChI is InChI=1S/C26H26ClFN2O4/c1-15-22(16(2)29(4)23(15)26(33)34-5)24(31)17(3)30(14-18-10-12-19(28)13-11-18)25(32)20-8-6-7-9-21(20)27/h6-13,17H,14H2,1-5H3/t17-/m1/s1. The van der Waals surface area contributed by atoms with Gasteiger partial charge in [-0.1, -0.05) is 35.9 Å². The number of amides is 1. The number of benzene rings is 2. The van der Waals surface area contributed by atoms with Gasteiger partial charge in [-0.25, -0.2) is 9.18 Å². The summed E-state index contributed by atoms with van der Waals surface area (Å²) in [5.41, 5.74) is 2.60. The van der Waals surface area contributed by atoms with Gasteiger partial charge in [0, 0.05) is 24.8 Å². The van der Waals surface area contributed by atoms with Crippen molar-refractivity contribution in [3.63, 3.8) is 0 Å². The first-order valence-electron chi connectivity index (χ1n) is 10.7. The minimum atomic E-state index is -0.904. The number of halogens is 2. The zero-order chi connectivity index (χ0) is 25.2. The topological polar surface area (TPSA) is 68.6 Å². The van der Waals surface area contributed by atoms with E-state index in [-0.39, 0.29) is 28.6 Å². The van der Waals surface area contributed by atoms with E-state index < -0.39 is 23.7 Å². The number of carbonyl (C=O) groups excluding carboxylic acids is 3. The fourth-order valence-electron chi connectivity index (χ4n) is 4.04. The van der Waals surface area contributed by atoms with E-state index in [2.05, 4.69) is 0 Å². The second-order valence-electron chi connectivity index (χ2n) is 8.06. The first-order chi connectivity index (χ1) is 16.1. The molecule has 0 fully saturated rings. The van der Waals surface area contributed by atoms with Crippen LogP contribution in [-0.4, -0.2) is 40.3 Å². The maximum absolute atomic E-state index is 13.7. The Hall–Kier alpha value is -3.45. The Kier molecular flexibility index (Phi) is 7.57. The third kappa shape index (κ3) is 4.75. The fourth-order valence-corrected chi connectivity index (χ4v) is 4.25. The molecule has 1 heterocycles. The minimum Gasteiger partial charge on any atom is -0.464 e. The lowest BCUT2D eigenvalue weighted by atomic mass is 9.98. The summed E-state index contributed by atoms with van der Waals surface area (Å²) in [7, 11) is 2.96. The van der Waals surface area contributed by atoms with E-state index in [1.165, 1.54) is 24.1 Å². The summed E-state index contributed by atoms with van der Waals surface area (Å²) in [4.78, 5) is 40.9. The highest BCUT2D eigenvalue weighted by molar-refractivity contribution is 6.33. The Morgan fingerprint density at radius 1 is 1.09 bits per heavy atom. The quantitative estimate of drug-likeness (QED) is 0.344. The third-order valence-corrected chi connectivity index (χ3v) is 6.36. The van der Waals surface area contributed by atoms with Crippen LogP contribution < -0.4 is 0 Å². The number of esters is 1. The van der Waals surface area contributed by atoms with Crippen molar-refractivity contribution >= 4 is 29.3 Å². The molecule has 178 valence electrons. The molecule has 0 saturated heterocycles. The number of carbonyl (C=O) groups is 3. The molecule has 0 spiro atoms. The van der Waals surface area contributed by atoms with Gasteiger partial charge in [0.25, 0.3) is 5.91 Å². The predicted octanol–water partition coefficient (Wildman–Crippen LogP) is 5.13. The number of ether oxygens (including phenoxy) is 1. The number of nitrogens with zero attached hydrogens (tertiary/aromatic N) is 2. The highest BCUT2D eigenvalue weighted by Crippen LogP contribution is 2.27. The van der Waals surface area contributed by atoms with E-state index in [9.17, 15) is 18.8 Å². The highest BCUT2D eigenvalue weighted by atomic mass is 35.5. The number of aromatic nitrogens is 1. The summed E-state index contributed by atoms with van der Waals surface area (Å²) in [5, 5.41) is 0.260. The van der Waals surface area contributed by atoms with Crippen LogP contribution in [0.1, 0.15) is 54.9 Å². The largest absolute Gasteiger partial charge is 0.464 e. The molecule has 8 heteroatoms. The summed E-state index contributed by atoms with van der Waals surface area (Å²) in [6, 6.07) is 11.4. The maximum atomic E-state index is 13.7. The summed E-state index contributed by atoms with van der Waals surface area (Å²) < 4.78 is 19.9. The molecule has 34 heavy (non-hydrogen) atoms. The molecule has 2 aromatic carbocycles. The lowest BCUT2D eigenvalue weighted by molar-refractivity contribution is 0.0587.